The highest BCUT2D eigenvalue weighted by molar-refractivity contribution is 6.35. The zero-order valence-corrected chi connectivity index (χ0v) is 14.5. The van der Waals surface area contributed by atoms with E-state index in [0.29, 0.717) is 28.8 Å². The lowest BCUT2D eigenvalue weighted by Crippen LogP contribution is -2.46. The maximum Gasteiger partial charge on any atom is 0.241 e. The van der Waals surface area contributed by atoms with Gasteiger partial charge in [-0.15, -0.1) is 0 Å². The zero-order chi connectivity index (χ0) is 16.7. The number of benzene rings is 1. The summed E-state index contributed by atoms with van der Waals surface area (Å²) >= 11 is 11.8. The van der Waals surface area contributed by atoms with Gasteiger partial charge in [0.15, 0.2) is 0 Å². The predicted molar refractivity (Wildman–Crippen MR) is 90.5 cm³/mol. The number of nitrogens with zero attached hydrogens (tertiary/aromatic N) is 1. The molecule has 0 heterocycles. The first-order valence-electron chi connectivity index (χ1n) is 7.15. The number of amides is 2. The molecule has 1 aromatic carbocycles. The molecule has 0 fully saturated rings. The molecule has 0 radical (unpaired) electrons. The number of carbonyl (C=O) groups is 2. The van der Waals surface area contributed by atoms with Crippen molar-refractivity contribution in [1.29, 1.82) is 0 Å². The molecule has 0 aliphatic rings. The van der Waals surface area contributed by atoms with E-state index < -0.39 is 6.04 Å². The smallest absolute Gasteiger partial charge is 0.241 e. The molecule has 0 bridgehead atoms. The van der Waals surface area contributed by atoms with Crippen LogP contribution in [0.25, 0.3) is 0 Å². The topological polar surface area (TPSA) is 61.4 Å². The van der Waals surface area contributed by atoms with Gasteiger partial charge in [-0.2, -0.15) is 0 Å². The molecule has 1 atom stereocenters. The Labute approximate surface area is 141 Å². The van der Waals surface area contributed by atoms with Crippen molar-refractivity contribution in [2.24, 2.45) is 0 Å². The van der Waals surface area contributed by atoms with E-state index in [1.807, 2.05) is 13.8 Å². The fourth-order valence-corrected chi connectivity index (χ4v) is 2.52. The van der Waals surface area contributed by atoms with Crippen molar-refractivity contribution in [3.05, 3.63) is 28.2 Å². The highest BCUT2D eigenvalue weighted by Crippen LogP contribution is 2.22. The molecule has 0 aliphatic carbocycles. The van der Waals surface area contributed by atoms with E-state index in [1.165, 1.54) is 0 Å². The van der Waals surface area contributed by atoms with E-state index in [4.69, 9.17) is 23.2 Å². The second-order valence-electron chi connectivity index (χ2n) is 4.84. The molecule has 0 aromatic heterocycles. The number of nitrogens with one attached hydrogen (secondary N) is 2. The Balaban J connectivity index is 2.71. The van der Waals surface area contributed by atoms with Crippen molar-refractivity contribution >= 4 is 40.7 Å². The molecule has 0 spiro atoms. The van der Waals surface area contributed by atoms with Crippen molar-refractivity contribution < 1.29 is 9.59 Å². The van der Waals surface area contributed by atoms with Crippen molar-refractivity contribution in [3.63, 3.8) is 0 Å². The maximum atomic E-state index is 12.3. The molecular formula is C15H21Cl2N3O2. The highest BCUT2D eigenvalue weighted by Gasteiger charge is 2.22. The zero-order valence-electron chi connectivity index (χ0n) is 13.0. The van der Waals surface area contributed by atoms with Gasteiger partial charge >= 0.3 is 0 Å². The monoisotopic (exact) mass is 345 g/mol. The van der Waals surface area contributed by atoms with Crippen molar-refractivity contribution in [2.75, 3.05) is 25.0 Å². The third-order valence-electron chi connectivity index (χ3n) is 3.18. The third kappa shape index (κ3) is 5.83. The van der Waals surface area contributed by atoms with Gasteiger partial charge in [-0.25, -0.2) is 0 Å². The van der Waals surface area contributed by atoms with E-state index in [9.17, 15) is 9.59 Å². The fraction of sp³-hybridized carbons (Fsp3) is 0.467. The Hall–Kier alpha value is -1.30. The molecule has 122 valence electrons. The van der Waals surface area contributed by atoms with Gasteiger partial charge in [-0.05, 0) is 38.6 Å². The Morgan fingerprint density at radius 3 is 2.27 bits per heavy atom. The van der Waals surface area contributed by atoms with Gasteiger partial charge in [0, 0.05) is 22.3 Å². The SMILES string of the molecule is CCNC(=O)CN(CC)[C@@H](C)C(=O)Nc1cc(Cl)cc(Cl)c1. The lowest BCUT2D eigenvalue weighted by molar-refractivity contribution is -0.125. The minimum Gasteiger partial charge on any atom is -0.355 e. The van der Waals surface area contributed by atoms with E-state index in [2.05, 4.69) is 10.6 Å². The first kappa shape index (κ1) is 18.7. The largest absolute Gasteiger partial charge is 0.355 e. The molecule has 0 aliphatic heterocycles. The Morgan fingerprint density at radius 1 is 1.18 bits per heavy atom. The average Bonchev–Trinajstić information content (AvgIpc) is 2.43. The number of rotatable bonds is 7. The van der Waals surface area contributed by atoms with Crippen LogP contribution >= 0.6 is 23.2 Å². The fourth-order valence-electron chi connectivity index (χ4n) is 2.00. The minimum atomic E-state index is -0.453. The van der Waals surface area contributed by atoms with Gasteiger partial charge in [0.05, 0.1) is 12.6 Å². The van der Waals surface area contributed by atoms with E-state index in [1.54, 1.807) is 30.0 Å². The summed E-state index contributed by atoms with van der Waals surface area (Å²) in [7, 11) is 0. The van der Waals surface area contributed by atoms with E-state index in [0.717, 1.165) is 0 Å². The molecule has 0 saturated carbocycles. The van der Waals surface area contributed by atoms with Crippen LogP contribution in [-0.2, 0) is 9.59 Å². The van der Waals surface area contributed by atoms with E-state index >= 15 is 0 Å². The summed E-state index contributed by atoms with van der Waals surface area (Å²) in [6, 6.07) is 4.39. The van der Waals surface area contributed by atoms with Crippen LogP contribution in [0.5, 0.6) is 0 Å². The lowest BCUT2D eigenvalue weighted by atomic mass is 10.2. The molecule has 5 nitrogen and oxygen atoms in total. The first-order valence-corrected chi connectivity index (χ1v) is 7.90. The Morgan fingerprint density at radius 2 is 1.77 bits per heavy atom. The summed E-state index contributed by atoms with van der Waals surface area (Å²) in [4.78, 5) is 25.8. The first-order chi connectivity index (χ1) is 10.4. The summed E-state index contributed by atoms with van der Waals surface area (Å²) in [6.45, 7) is 6.84. The van der Waals surface area contributed by atoms with Gasteiger partial charge in [-0.1, -0.05) is 30.1 Å². The van der Waals surface area contributed by atoms with Gasteiger partial charge in [0.1, 0.15) is 0 Å². The second kappa shape index (κ2) is 8.98. The van der Waals surface area contributed by atoms with Crippen LogP contribution in [0.3, 0.4) is 0 Å². The number of halogens is 2. The maximum absolute atomic E-state index is 12.3. The molecular weight excluding hydrogens is 325 g/mol. The quantitative estimate of drug-likeness (QED) is 0.798. The van der Waals surface area contributed by atoms with Crippen LogP contribution in [0.1, 0.15) is 20.8 Å². The lowest BCUT2D eigenvalue weighted by Gasteiger charge is -2.26. The molecule has 2 amide bonds. The predicted octanol–water partition coefficient (Wildman–Crippen LogP) is 2.78. The van der Waals surface area contributed by atoms with Gasteiger partial charge < -0.3 is 10.6 Å². The third-order valence-corrected chi connectivity index (χ3v) is 3.62. The summed E-state index contributed by atoms with van der Waals surface area (Å²) in [5.41, 5.74) is 0.531. The summed E-state index contributed by atoms with van der Waals surface area (Å²) < 4.78 is 0. The minimum absolute atomic E-state index is 0.102. The highest BCUT2D eigenvalue weighted by atomic mass is 35.5. The summed E-state index contributed by atoms with van der Waals surface area (Å²) in [6.07, 6.45) is 0. The average molecular weight is 346 g/mol. The van der Waals surface area contributed by atoms with Gasteiger partial charge in [0.2, 0.25) is 11.8 Å². The number of likely N-dealkylation sites (N-methyl/N-ethyl adjacent to an activating group) is 2. The number of hydrogen-bond acceptors (Lipinski definition) is 3. The van der Waals surface area contributed by atoms with E-state index in [-0.39, 0.29) is 18.4 Å². The van der Waals surface area contributed by atoms with Gasteiger partial charge in [0.25, 0.3) is 0 Å². The van der Waals surface area contributed by atoms with Crippen LogP contribution in [0.2, 0.25) is 10.0 Å². The second-order valence-corrected chi connectivity index (χ2v) is 5.71. The summed E-state index contributed by atoms with van der Waals surface area (Å²) in [5, 5.41) is 6.38. The Kier molecular flexibility index (Phi) is 7.65. The molecule has 1 aromatic rings. The molecule has 2 N–H and O–H groups in total. The van der Waals surface area contributed by atoms with Gasteiger partial charge in [-0.3, -0.25) is 14.5 Å². The molecule has 0 saturated heterocycles. The van der Waals surface area contributed by atoms with Crippen LogP contribution < -0.4 is 10.6 Å². The number of carbonyl (C=O) groups excluding carboxylic acids is 2. The van der Waals surface area contributed by atoms with Crippen molar-refractivity contribution in [2.45, 2.75) is 26.8 Å². The van der Waals surface area contributed by atoms with Crippen molar-refractivity contribution in [1.82, 2.24) is 10.2 Å². The molecule has 0 unspecified atom stereocenters. The van der Waals surface area contributed by atoms with Crippen LogP contribution in [-0.4, -0.2) is 42.4 Å². The number of anilines is 1. The molecule has 22 heavy (non-hydrogen) atoms. The standard InChI is InChI=1S/C15H21Cl2N3O2/c1-4-18-14(21)9-20(5-2)10(3)15(22)19-13-7-11(16)6-12(17)8-13/h6-8,10H,4-5,9H2,1-3H3,(H,18,21)(H,19,22)/t10-/m0/s1. The Bertz CT molecular complexity index is 517. The summed E-state index contributed by atoms with van der Waals surface area (Å²) in [5.74, 6) is -0.320. The molecule has 7 heteroatoms. The van der Waals surface area contributed by atoms with Crippen LogP contribution in [0, 0.1) is 0 Å². The van der Waals surface area contributed by atoms with Crippen molar-refractivity contribution in [3.8, 4) is 0 Å². The number of hydrogen-bond donors (Lipinski definition) is 2. The normalized spacial score (nSPS) is 12.1. The van der Waals surface area contributed by atoms with Crippen LogP contribution in [0.4, 0.5) is 5.69 Å². The molecule has 1 rings (SSSR count). The van der Waals surface area contributed by atoms with Crippen LogP contribution in [0.15, 0.2) is 18.2 Å².